The van der Waals surface area contributed by atoms with Crippen molar-refractivity contribution in [2.45, 2.75) is 32.2 Å². The minimum absolute atomic E-state index is 0.126. The monoisotopic (exact) mass is 255 g/mol. The van der Waals surface area contributed by atoms with Crippen LogP contribution in [0.3, 0.4) is 0 Å². The number of carboxylic acid groups (broad SMARTS) is 1. The van der Waals surface area contributed by atoms with Gasteiger partial charge in [-0.25, -0.2) is 0 Å². The Labute approximate surface area is 105 Å². The molecule has 1 aromatic heterocycles. The van der Waals surface area contributed by atoms with Crippen LogP contribution in [-0.2, 0) is 4.79 Å². The largest absolute Gasteiger partial charge is 0.481 e. The summed E-state index contributed by atoms with van der Waals surface area (Å²) in [6.07, 6.45) is 1.79. The van der Waals surface area contributed by atoms with Gasteiger partial charge in [0.1, 0.15) is 0 Å². The lowest BCUT2D eigenvalue weighted by atomic mass is 10.1. The number of carbonyl (C=O) groups is 2. The van der Waals surface area contributed by atoms with Crippen molar-refractivity contribution in [2.75, 3.05) is 6.54 Å². The third-order valence-corrected chi connectivity index (χ3v) is 3.26. The van der Waals surface area contributed by atoms with Crippen LogP contribution < -0.4 is 5.32 Å². The molecule has 1 unspecified atom stereocenters. The second-order valence-corrected chi connectivity index (χ2v) is 4.75. The average molecular weight is 255 g/mol. The van der Waals surface area contributed by atoms with Crippen molar-refractivity contribution in [1.29, 1.82) is 0 Å². The quantitative estimate of drug-likeness (QED) is 0.552. The van der Waals surface area contributed by atoms with E-state index in [9.17, 15) is 9.59 Å². The number of thiophene rings is 1. The zero-order chi connectivity index (χ0) is 12.7. The minimum atomic E-state index is -0.955. The van der Waals surface area contributed by atoms with E-state index in [4.69, 9.17) is 5.11 Å². The topological polar surface area (TPSA) is 66.4 Å². The molecule has 1 rings (SSSR count). The molecule has 0 radical (unpaired) electrons. The highest BCUT2D eigenvalue weighted by atomic mass is 32.1. The molecule has 4 nitrogen and oxygen atoms in total. The van der Waals surface area contributed by atoms with Gasteiger partial charge in [-0.1, -0.05) is 19.4 Å². The van der Waals surface area contributed by atoms with Crippen molar-refractivity contribution in [3.8, 4) is 0 Å². The summed E-state index contributed by atoms with van der Waals surface area (Å²) in [5.74, 6) is -1.08. The molecule has 0 saturated heterocycles. The van der Waals surface area contributed by atoms with E-state index in [0.29, 0.717) is 11.4 Å². The number of nitrogens with one attached hydrogen (secondary N) is 1. The third kappa shape index (κ3) is 4.66. The van der Waals surface area contributed by atoms with Gasteiger partial charge in [-0.2, -0.15) is 0 Å². The lowest BCUT2D eigenvalue weighted by molar-refractivity contribution is -0.137. The molecule has 1 atom stereocenters. The zero-order valence-electron chi connectivity index (χ0n) is 9.81. The number of rotatable bonds is 8. The number of aliphatic carboxylic acids is 1. The van der Waals surface area contributed by atoms with E-state index in [1.807, 2.05) is 5.38 Å². The fourth-order valence-electron chi connectivity index (χ4n) is 1.48. The molecule has 17 heavy (non-hydrogen) atoms. The van der Waals surface area contributed by atoms with Gasteiger partial charge in [-0.3, -0.25) is 9.59 Å². The SMILES string of the molecule is CCCCNC(CC(=O)O)C(=O)c1cccs1. The Hall–Kier alpha value is -1.20. The van der Waals surface area contributed by atoms with Crippen molar-refractivity contribution in [1.82, 2.24) is 5.32 Å². The summed E-state index contributed by atoms with van der Waals surface area (Å²) in [5, 5.41) is 13.6. The van der Waals surface area contributed by atoms with Crippen LogP contribution in [0.25, 0.3) is 0 Å². The average Bonchev–Trinajstić information content (AvgIpc) is 2.80. The van der Waals surface area contributed by atoms with Crippen molar-refractivity contribution in [3.05, 3.63) is 22.4 Å². The van der Waals surface area contributed by atoms with Crippen molar-refractivity contribution < 1.29 is 14.7 Å². The highest BCUT2D eigenvalue weighted by Crippen LogP contribution is 2.13. The van der Waals surface area contributed by atoms with E-state index in [2.05, 4.69) is 12.2 Å². The van der Waals surface area contributed by atoms with Gasteiger partial charge in [-0.05, 0) is 24.4 Å². The summed E-state index contributed by atoms with van der Waals surface area (Å²) in [7, 11) is 0. The number of hydrogen-bond acceptors (Lipinski definition) is 4. The molecule has 0 aliphatic heterocycles. The number of hydrogen-bond donors (Lipinski definition) is 2. The highest BCUT2D eigenvalue weighted by molar-refractivity contribution is 7.12. The summed E-state index contributed by atoms with van der Waals surface area (Å²) in [4.78, 5) is 23.4. The van der Waals surface area contributed by atoms with Gasteiger partial charge in [0.15, 0.2) is 5.78 Å². The first-order chi connectivity index (χ1) is 8.15. The zero-order valence-corrected chi connectivity index (χ0v) is 10.6. The molecule has 0 aromatic carbocycles. The molecule has 0 bridgehead atoms. The van der Waals surface area contributed by atoms with Crippen molar-refractivity contribution in [3.63, 3.8) is 0 Å². The molecule has 0 amide bonds. The van der Waals surface area contributed by atoms with Gasteiger partial charge in [0, 0.05) is 0 Å². The third-order valence-electron chi connectivity index (χ3n) is 2.38. The second kappa shape index (κ2) is 7.19. The van der Waals surface area contributed by atoms with E-state index in [1.165, 1.54) is 11.3 Å². The van der Waals surface area contributed by atoms with Crippen molar-refractivity contribution in [2.24, 2.45) is 0 Å². The molecular weight excluding hydrogens is 238 g/mol. The Morgan fingerprint density at radius 1 is 1.53 bits per heavy atom. The molecule has 1 aromatic rings. The van der Waals surface area contributed by atoms with Crippen LogP contribution in [0.5, 0.6) is 0 Å². The minimum Gasteiger partial charge on any atom is -0.481 e. The number of unbranched alkanes of at least 4 members (excludes halogenated alkanes) is 1. The van der Waals surface area contributed by atoms with Crippen LogP contribution in [0.4, 0.5) is 0 Å². The maximum atomic E-state index is 12.0. The van der Waals surface area contributed by atoms with E-state index >= 15 is 0 Å². The lowest BCUT2D eigenvalue weighted by Gasteiger charge is -2.14. The molecule has 0 aliphatic carbocycles. The first-order valence-electron chi connectivity index (χ1n) is 5.68. The molecule has 5 heteroatoms. The Balaban J connectivity index is 2.61. The van der Waals surface area contributed by atoms with E-state index < -0.39 is 12.0 Å². The molecule has 94 valence electrons. The maximum absolute atomic E-state index is 12.0. The predicted molar refractivity (Wildman–Crippen MR) is 67.6 cm³/mol. The summed E-state index contributed by atoms with van der Waals surface area (Å²) < 4.78 is 0. The second-order valence-electron chi connectivity index (χ2n) is 3.80. The van der Waals surface area contributed by atoms with Crippen LogP contribution in [-0.4, -0.2) is 29.4 Å². The number of carboxylic acids is 1. The highest BCUT2D eigenvalue weighted by Gasteiger charge is 2.22. The molecule has 0 fully saturated rings. The van der Waals surface area contributed by atoms with Gasteiger partial charge >= 0.3 is 5.97 Å². The van der Waals surface area contributed by atoms with Crippen LogP contribution in [0.1, 0.15) is 35.9 Å². The first-order valence-corrected chi connectivity index (χ1v) is 6.56. The van der Waals surface area contributed by atoms with Crippen LogP contribution in [0, 0.1) is 0 Å². The molecule has 0 aliphatic rings. The van der Waals surface area contributed by atoms with Crippen LogP contribution in [0.15, 0.2) is 17.5 Å². The summed E-state index contributed by atoms with van der Waals surface area (Å²) in [6.45, 7) is 2.72. The van der Waals surface area contributed by atoms with E-state index in [0.717, 1.165) is 12.8 Å². The first kappa shape index (κ1) is 13.9. The van der Waals surface area contributed by atoms with Crippen LogP contribution in [0.2, 0.25) is 0 Å². The normalized spacial score (nSPS) is 12.3. The van der Waals surface area contributed by atoms with Gasteiger partial charge in [-0.15, -0.1) is 11.3 Å². The molecule has 2 N–H and O–H groups in total. The van der Waals surface area contributed by atoms with E-state index in [-0.39, 0.29) is 12.2 Å². The van der Waals surface area contributed by atoms with Gasteiger partial charge in [0.2, 0.25) is 0 Å². The summed E-state index contributed by atoms with van der Waals surface area (Å²) in [6, 6.07) is 2.91. The molecule has 0 saturated carbocycles. The fraction of sp³-hybridized carbons (Fsp3) is 0.500. The summed E-state index contributed by atoms with van der Waals surface area (Å²) >= 11 is 1.34. The van der Waals surface area contributed by atoms with Crippen LogP contribution >= 0.6 is 11.3 Å². The Morgan fingerprint density at radius 3 is 2.82 bits per heavy atom. The lowest BCUT2D eigenvalue weighted by Crippen LogP contribution is -2.38. The van der Waals surface area contributed by atoms with Gasteiger partial charge < -0.3 is 10.4 Å². The molecule has 0 spiro atoms. The fourth-order valence-corrected chi connectivity index (χ4v) is 2.20. The standard InChI is InChI=1S/C12H17NO3S/c1-2-3-6-13-9(8-11(14)15)12(16)10-5-4-7-17-10/h4-5,7,9,13H,2-3,6,8H2,1H3,(H,14,15). The van der Waals surface area contributed by atoms with E-state index in [1.54, 1.807) is 12.1 Å². The van der Waals surface area contributed by atoms with Gasteiger partial charge in [0.05, 0.1) is 17.3 Å². The number of ketones is 1. The molecule has 1 heterocycles. The Bertz CT molecular complexity index is 362. The maximum Gasteiger partial charge on any atom is 0.305 e. The predicted octanol–water partition coefficient (Wildman–Crippen LogP) is 2.16. The Morgan fingerprint density at radius 2 is 2.29 bits per heavy atom. The Kier molecular flexibility index (Phi) is 5.86. The number of carbonyl (C=O) groups excluding carboxylic acids is 1. The summed E-state index contributed by atoms with van der Waals surface area (Å²) in [5.41, 5.74) is 0. The molecular formula is C12H17NO3S. The number of Topliss-reactive ketones (excluding diaryl/α,β-unsaturated/α-hetero) is 1. The van der Waals surface area contributed by atoms with Crippen molar-refractivity contribution >= 4 is 23.1 Å². The van der Waals surface area contributed by atoms with Gasteiger partial charge in [0.25, 0.3) is 0 Å². The smallest absolute Gasteiger partial charge is 0.305 e.